The van der Waals surface area contributed by atoms with Crippen LogP contribution in [0, 0.1) is 41.5 Å². The second-order valence-electron chi connectivity index (χ2n) is 34.7. The Morgan fingerprint density at radius 2 is 0.389 bits per heavy atom. The van der Waals surface area contributed by atoms with Crippen LogP contribution in [-0.4, -0.2) is 40.4 Å². The van der Waals surface area contributed by atoms with Gasteiger partial charge in [0.1, 0.15) is 43.0 Å². The van der Waals surface area contributed by atoms with E-state index in [1.807, 2.05) is 327 Å². The zero-order valence-electron chi connectivity index (χ0n) is 80.0. The van der Waals surface area contributed by atoms with Crippen LogP contribution >= 0.6 is 138 Å². The molecule has 0 saturated carbocycles. The van der Waals surface area contributed by atoms with Crippen LogP contribution in [0.2, 0.25) is 40.2 Å². The molecule has 0 spiro atoms. The topological polar surface area (TPSA) is 132 Å². The Labute approximate surface area is 939 Å². The van der Waals surface area contributed by atoms with Crippen LogP contribution in [0.3, 0.4) is 0 Å². The fraction of sp³-hybridized carbons (Fsp3) is 0.0820. The minimum absolute atomic E-state index is 0. The van der Waals surface area contributed by atoms with E-state index in [1.54, 1.807) is 60.7 Å². The zero-order chi connectivity index (χ0) is 101. The Hall–Kier alpha value is -11.2. The molecule has 22 heteroatoms. The van der Waals surface area contributed by atoms with Crippen molar-refractivity contribution >= 4 is 138 Å². The van der Waals surface area contributed by atoms with E-state index in [-0.39, 0.29) is 85.9 Å². The zero-order valence-corrected chi connectivity index (χ0v) is 95.4. The van der Waals surface area contributed by atoms with Gasteiger partial charge in [-0.05, 0) is 166 Å². The molecule has 20 rings (SSSR count). The van der Waals surface area contributed by atoms with Gasteiger partial charge in [-0.25, -0.2) is 19.9 Å². The maximum atomic E-state index is 11.2. The van der Waals surface area contributed by atoms with Gasteiger partial charge in [0.15, 0.2) is 0 Å². The predicted octanol–water partition coefficient (Wildman–Crippen LogP) is 39.3. The summed E-state index contributed by atoms with van der Waals surface area (Å²) in [4.78, 5) is 19.0. The van der Waals surface area contributed by atoms with E-state index in [0.29, 0.717) is 107 Å². The van der Waals surface area contributed by atoms with Crippen molar-refractivity contribution < 1.29 is 72.5 Å². The number of benzene rings is 16. The van der Waals surface area contributed by atoms with Crippen molar-refractivity contribution in [3.8, 4) is 155 Å². The molecule has 4 heterocycles. The van der Waals surface area contributed by atoms with Gasteiger partial charge in [0, 0.05) is 91.9 Å². The average Bonchev–Trinajstić information content (AvgIpc) is 1.58. The smallest absolute Gasteiger partial charge is 0.507 e. The van der Waals surface area contributed by atoms with Crippen molar-refractivity contribution in [2.75, 3.05) is 0 Å². The second kappa shape index (κ2) is 53.8. The first-order chi connectivity index (χ1) is 68.2. The Morgan fingerprint density at radius 3 is 0.562 bits per heavy atom. The van der Waals surface area contributed by atoms with Gasteiger partial charge in [-0.2, -0.15) is 98.5 Å². The van der Waals surface area contributed by atoms with Crippen LogP contribution in [0.5, 0.6) is 23.0 Å². The molecule has 4 aromatic heterocycles. The van der Waals surface area contributed by atoms with E-state index in [2.05, 4.69) is 81.4 Å². The van der Waals surface area contributed by atoms with E-state index in [4.69, 9.17) is 113 Å². The summed E-state index contributed by atoms with van der Waals surface area (Å²) < 4.78 is 0. The van der Waals surface area contributed by atoms with Gasteiger partial charge < -0.3 is 20.4 Å². The molecule has 20 aromatic rings. The van der Waals surface area contributed by atoms with E-state index in [0.717, 1.165) is 109 Å². The van der Waals surface area contributed by atoms with E-state index in [1.165, 1.54) is 45.3 Å². The summed E-state index contributed by atoms with van der Waals surface area (Å²) >= 11 is 56.6. The number of rotatable bonds is 12. The fourth-order valence-corrected chi connectivity index (χ4v) is 20.3. The molecule has 0 unspecified atom stereocenters. The number of hydrogen-bond acceptors (Lipinski definition) is 12. The van der Waals surface area contributed by atoms with Gasteiger partial charge in [-0.15, -0.1) is 93.9 Å². The number of aryl methyl sites for hydroxylation is 2. The summed E-state index contributed by atoms with van der Waals surface area (Å²) in [6.45, 7) is 31.9. The quantitative estimate of drug-likeness (QED) is 0.0702. The standard InChI is InChI=1S/2C25H21Cl2NOS.2C22H15Cl2NOS.4C7H7.Hf.Zr/c2*1-25(2,3)16-12-17(15-8-5-4-6-9-15)23(29)18(13-16)24-28-21(14-30-24)22-19(26)10-7-11-20(22)27;2*1-13-10-15(14-6-3-2-4-7-14)21(26)16(11-13)22-25-19(12-27-22)20-17(23)8-5-9-18(20)24;4*1-7-5-3-2-4-6-7;;/h2*4-14,29H,1-3H3;2*2-12,26H,1H3;4*2-6H,1H2;;/q;;;;4*-1;;+2. The molecule has 16 aromatic carbocycles. The van der Waals surface area contributed by atoms with E-state index in [9.17, 15) is 20.4 Å². The molecule has 8 nitrogen and oxygen atoms in total. The number of aromatic hydroxyl groups is 4. The number of phenols is 4. The molecule has 0 bridgehead atoms. The summed E-state index contributed by atoms with van der Waals surface area (Å²) in [5, 5.41) is 59.2. The number of nitrogens with zero attached hydrogens (tertiary/aromatic N) is 4. The maximum Gasteiger partial charge on any atom is 2.00 e. The molecule has 0 aliphatic heterocycles. The third kappa shape index (κ3) is 30.5. The van der Waals surface area contributed by atoms with Crippen molar-refractivity contribution in [2.45, 2.75) is 66.2 Å². The summed E-state index contributed by atoms with van der Waals surface area (Å²) in [5.41, 5.74) is 24.0. The molecule has 0 fully saturated rings. The van der Waals surface area contributed by atoms with Crippen LogP contribution in [0.4, 0.5) is 0 Å². The van der Waals surface area contributed by atoms with Crippen LogP contribution in [0.25, 0.3) is 132 Å². The number of halogens is 8. The SMILES string of the molecule is CC(C)(C)c1cc(-c2ccccc2)c(O)c(-c2nc(-c3c(Cl)cccc3Cl)cs2)c1.CC(C)(C)c1cc(-c2ccccc2)c(O)c(-c2nc(-c3c(Cl)cccc3Cl)cs2)c1.Cc1cc(-c2ccccc2)c(O)c(-c2nc(-c3c(Cl)cccc3Cl)cs2)c1.Cc1cc(-c2ccccc2)c(O)c(-c2nc(-c3c(Cl)cccc3Cl)cs2)c1.[CH2-]c1ccccc1.[CH2-]c1ccccc1.[CH2-]c1ccccc1.[CH2-]c1ccccc1.[Hf].[Zr+2]. The van der Waals surface area contributed by atoms with Crippen molar-refractivity contribution in [2.24, 2.45) is 0 Å². The fourth-order valence-electron chi connectivity index (χ4n) is 14.6. The molecule has 722 valence electrons. The molecule has 0 radical (unpaired) electrons. The van der Waals surface area contributed by atoms with Crippen LogP contribution < -0.4 is 0 Å². The van der Waals surface area contributed by atoms with Crippen LogP contribution in [0.15, 0.2) is 386 Å². The monoisotopic (exact) mass is 2360 g/mol. The minimum Gasteiger partial charge on any atom is -0.507 e. The van der Waals surface area contributed by atoms with E-state index < -0.39 is 0 Å². The molecule has 0 amide bonds. The molecule has 0 aliphatic carbocycles. The van der Waals surface area contributed by atoms with Gasteiger partial charge in [0.25, 0.3) is 0 Å². The Bertz CT molecular complexity index is 6980. The predicted molar refractivity (Wildman–Crippen MR) is 611 cm³/mol. The number of aromatic nitrogens is 4. The Morgan fingerprint density at radius 1 is 0.229 bits per heavy atom. The summed E-state index contributed by atoms with van der Waals surface area (Å²) in [6, 6.07) is 117. The third-order valence-electron chi connectivity index (χ3n) is 22.0. The van der Waals surface area contributed by atoms with Gasteiger partial charge in [-0.3, -0.25) is 0 Å². The van der Waals surface area contributed by atoms with Crippen molar-refractivity contribution in [1.29, 1.82) is 0 Å². The van der Waals surface area contributed by atoms with Crippen molar-refractivity contribution in [3.05, 3.63) is 498 Å². The molecule has 0 aliphatic rings. The molecule has 0 atom stereocenters. The Kier molecular flexibility index (Phi) is 42.2. The van der Waals surface area contributed by atoms with Crippen LogP contribution in [0.1, 0.15) is 86.1 Å². The summed E-state index contributed by atoms with van der Waals surface area (Å²) in [7, 11) is 0. The Balaban J connectivity index is 0.000000166. The van der Waals surface area contributed by atoms with Crippen molar-refractivity contribution in [1.82, 2.24) is 19.9 Å². The number of hydrogen-bond donors (Lipinski definition) is 4. The maximum absolute atomic E-state index is 11.2. The number of thiazole rings is 4. The second-order valence-corrected chi connectivity index (χ2v) is 41.4. The molecular weight excluding hydrogens is 2270 g/mol. The summed E-state index contributed by atoms with van der Waals surface area (Å²) in [6.07, 6.45) is 0. The first-order valence-electron chi connectivity index (χ1n) is 44.9. The van der Waals surface area contributed by atoms with Gasteiger partial charge in [-0.1, -0.05) is 304 Å². The molecule has 144 heavy (non-hydrogen) atoms. The third-order valence-corrected chi connectivity index (χ3v) is 28.0. The molecule has 0 saturated heterocycles. The van der Waals surface area contributed by atoms with Gasteiger partial charge in [0.2, 0.25) is 0 Å². The summed E-state index contributed by atoms with van der Waals surface area (Å²) in [5.74, 6) is 0.886. The van der Waals surface area contributed by atoms with Gasteiger partial charge >= 0.3 is 26.2 Å². The number of phenolic OH excluding ortho intramolecular Hbond substituents is 4. The minimum atomic E-state index is -0.0852. The normalized spacial score (nSPS) is 10.6. The first-order valence-corrected chi connectivity index (χ1v) is 51.4. The first kappa shape index (κ1) is 113. The largest absolute Gasteiger partial charge is 2.00 e. The molecule has 4 N–H and O–H groups in total. The average molecular weight is 2370 g/mol. The van der Waals surface area contributed by atoms with Gasteiger partial charge in [0.05, 0.1) is 85.2 Å². The van der Waals surface area contributed by atoms with Crippen molar-refractivity contribution in [3.63, 3.8) is 0 Å². The van der Waals surface area contributed by atoms with Crippen LogP contribution in [-0.2, 0) is 62.9 Å². The molecular formula is C122H100Cl8HfN4O4S4Zr-2. The van der Waals surface area contributed by atoms with E-state index >= 15 is 0 Å².